The minimum absolute atomic E-state index is 0.351. The smallest absolute Gasteiger partial charge is 0.167 e. The number of aryl methyl sites for hydroxylation is 1. The maximum atomic E-state index is 9.29. The molecule has 0 bridgehead atoms. The van der Waals surface area contributed by atoms with Gasteiger partial charge in [0.1, 0.15) is 11.6 Å². The van der Waals surface area contributed by atoms with Crippen LogP contribution in [-0.2, 0) is 0 Å². The van der Waals surface area contributed by atoms with Crippen molar-refractivity contribution >= 4 is 5.82 Å². The van der Waals surface area contributed by atoms with Gasteiger partial charge in [-0.3, -0.25) is 0 Å². The van der Waals surface area contributed by atoms with Gasteiger partial charge in [-0.2, -0.15) is 10.4 Å². The van der Waals surface area contributed by atoms with Gasteiger partial charge in [0.15, 0.2) is 5.82 Å². The Balaban J connectivity index is 2.14. The molecular formula is C15H22N4. The van der Waals surface area contributed by atoms with Crippen molar-refractivity contribution in [2.24, 2.45) is 5.92 Å². The molecule has 4 nitrogen and oxygen atoms in total. The summed E-state index contributed by atoms with van der Waals surface area (Å²) >= 11 is 0. The second-order valence-corrected chi connectivity index (χ2v) is 5.58. The van der Waals surface area contributed by atoms with Crippen molar-refractivity contribution in [3.8, 4) is 6.07 Å². The fraction of sp³-hybridized carbons (Fsp3) is 0.667. The monoisotopic (exact) mass is 258 g/mol. The van der Waals surface area contributed by atoms with E-state index in [2.05, 4.69) is 28.5 Å². The van der Waals surface area contributed by atoms with Crippen LogP contribution in [-0.4, -0.2) is 16.2 Å². The van der Waals surface area contributed by atoms with Gasteiger partial charge in [0.05, 0.1) is 5.69 Å². The third-order valence-corrected chi connectivity index (χ3v) is 4.29. The lowest BCUT2D eigenvalue weighted by molar-refractivity contribution is 0.328. The standard InChI is InChI=1S/C15H22N4/c1-10-11(2)18-19-15(14(10)9-16)17-12(3)13-7-5-4-6-8-13/h12-13H,4-8H2,1-3H3,(H,17,19). The molecule has 1 saturated carbocycles. The summed E-state index contributed by atoms with van der Waals surface area (Å²) in [7, 11) is 0. The second-order valence-electron chi connectivity index (χ2n) is 5.58. The molecule has 0 radical (unpaired) electrons. The van der Waals surface area contributed by atoms with E-state index < -0.39 is 0 Å². The summed E-state index contributed by atoms with van der Waals surface area (Å²) in [4.78, 5) is 0. The zero-order valence-corrected chi connectivity index (χ0v) is 12.0. The number of anilines is 1. The summed E-state index contributed by atoms with van der Waals surface area (Å²) < 4.78 is 0. The maximum absolute atomic E-state index is 9.29. The van der Waals surface area contributed by atoms with E-state index in [4.69, 9.17) is 0 Å². The van der Waals surface area contributed by atoms with E-state index in [0.29, 0.717) is 23.3 Å². The van der Waals surface area contributed by atoms with Crippen LogP contribution in [0.3, 0.4) is 0 Å². The van der Waals surface area contributed by atoms with Crippen molar-refractivity contribution in [3.63, 3.8) is 0 Å². The van der Waals surface area contributed by atoms with Crippen LogP contribution in [0.2, 0.25) is 0 Å². The normalized spacial score (nSPS) is 17.8. The van der Waals surface area contributed by atoms with Crippen molar-refractivity contribution in [1.29, 1.82) is 5.26 Å². The molecular weight excluding hydrogens is 236 g/mol. The van der Waals surface area contributed by atoms with E-state index in [0.717, 1.165) is 11.3 Å². The molecule has 1 aromatic heterocycles. The highest BCUT2D eigenvalue weighted by Gasteiger charge is 2.21. The van der Waals surface area contributed by atoms with Gasteiger partial charge in [-0.15, -0.1) is 5.10 Å². The number of hydrogen-bond donors (Lipinski definition) is 1. The zero-order valence-electron chi connectivity index (χ0n) is 12.0. The minimum Gasteiger partial charge on any atom is -0.365 e. The van der Waals surface area contributed by atoms with Crippen molar-refractivity contribution in [3.05, 3.63) is 16.8 Å². The summed E-state index contributed by atoms with van der Waals surface area (Å²) in [5.41, 5.74) is 2.39. The van der Waals surface area contributed by atoms with Gasteiger partial charge in [0.2, 0.25) is 0 Å². The Morgan fingerprint density at radius 3 is 2.53 bits per heavy atom. The molecule has 1 atom stereocenters. The summed E-state index contributed by atoms with van der Waals surface area (Å²) in [6, 6.07) is 2.60. The molecule has 1 heterocycles. The molecule has 0 aliphatic heterocycles. The molecule has 0 spiro atoms. The van der Waals surface area contributed by atoms with Crippen LogP contribution >= 0.6 is 0 Å². The Morgan fingerprint density at radius 1 is 1.21 bits per heavy atom. The van der Waals surface area contributed by atoms with Gasteiger partial charge in [0, 0.05) is 6.04 Å². The third-order valence-electron chi connectivity index (χ3n) is 4.29. The highest BCUT2D eigenvalue weighted by Crippen LogP contribution is 2.28. The molecule has 1 aliphatic rings. The van der Waals surface area contributed by atoms with Crippen LogP contribution in [0.5, 0.6) is 0 Å². The average molecular weight is 258 g/mol. The lowest BCUT2D eigenvalue weighted by atomic mass is 9.84. The molecule has 1 fully saturated rings. The third kappa shape index (κ3) is 3.04. The van der Waals surface area contributed by atoms with Gasteiger partial charge >= 0.3 is 0 Å². The van der Waals surface area contributed by atoms with Crippen LogP contribution in [0.1, 0.15) is 55.8 Å². The number of nitrogens with one attached hydrogen (secondary N) is 1. The Labute approximate surface area is 115 Å². The molecule has 2 rings (SSSR count). The fourth-order valence-electron chi connectivity index (χ4n) is 2.81. The lowest BCUT2D eigenvalue weighted by Crippen LogP contribution is -2.28. The zero-order chi connectivity index (χ0) is 13.8. The van der Waals surface area contributed by atoms with Crippen LogP contribution in [0, 0.1) is 31.1 Å². The number of rotatable bonds is 3. The van der Waals surface area contributed by atoms with Crippen molar-refractivity contribution in [2.45, 2.75) is 58.9 Å². The van der Waals surface area contributed by atoms with Gasteiger partial charge in [-0.25, -0.2) is 0 Å². The highest BCUT2D eigenvalue weighted by atomic mass is 15.2. The molecule has 1 aliphatic carbocycles. The van der Waals surface area contributed by atoms with Gasteiger partial charge in [-0.1, -0.05) is 19.3 Å². The predicted octanol–water partition coefficient (Wildman–Crippen LogP) is 3.35. The van der Waals surface area contributed by atoms with Gasteiger partial charge in [0.25, 0.3) is 0 Å². The van der Waals surface area contributed by atoms with E-state index in [1.54, 1.807) is 0 Å². The first-order valence-electron chi connectivity index (χ1n) is 7.14. The molecule has 1 aromatic rings. The number of aromatic nitrogens is 2. The topological polar surface area (TPSA) is 61.6 Å². The van der Waals surface area contributed by atoms with E-state index >= 15 is 0 Å². The number of hydrogen-bond acceptors (Lipinski definition) is 4. The summed E-state index contributed by atoms with van der Waals surface area (Å²) in [6.45, 7) is 6.00. The van der Waals surface area contributed by atoms with Crippen LogP contribution in [0.15, 0.2) is 0 Å². The van der Waals surface area contributed by atoms with Crippen molar-refractivity contribution in [2.75, 3.05) is 5.32 Å². The largest absolute Gasteiger partial charge is 0.365 e. The minimum atomic E-state index is 0.351. The quantitative estimate of drug-likeness (QED) is 0.903. The molecule has 1 unspecified atom stereocenters. The highest BCUT2D eigenvalue weighted by molar-refractivity contribution is 5.56. The fourth-order valence-corrected chi connectivity index (χ4v) is 2.81. The first-order chi connectivity index (χ1) is 9.13. The number of nitrogens with zero attached hydrogens (tertiary/aromatic N) is 3. The van der Waals surface area contributed by atoms with E-state index in [9.17, 15) is 5.26 Å². The summed E-state index contributed by atoms with van der Waals surface area (Å²) in [5.74, 6) is 1.33. The number of nitriles is 1. The summed E-state index contributed by atoms with van der Waals surface area (Å²) in [6.07, 6.45) is 6.54. The average Bonchev–Trinajstić information content (AvgIpc) is 2.44. The van der Waals surface area contributed by atoms with Crippen molar-refractivity contribution < 1.29 is 0 Å². The van der Waals surface area contributed by atoms with E-state index in [1.165, 1.54) is 32.1 Å². The molecule has 4 heteroatoms. The van der Waals surface area contributed by atoms with Gasteiger partial charge < -0.3 is 5.32 Å². The Kier molecular flexibility index (Phi) is 4.36. The Hall–Kier alpha value is -1.63. The molecule has 1 N–H and O–H groups in total. The van der Waals surface area contributed by atoms with E-state index in [-0.39, 0.29) is 0 Å². The molecule has 19 heavy (non-hydrogen) atoms. The lowest BCUT2D eigenvalue weighted by Gasteiger charge is -2.28. The predicted molar refractivity (Wildman–Crippen MR) is 75.9 cm³/mol. The van der Waals surface area contributed by atoms with E-state index in [1.807, 2.05) is 13.8 Å². The van der Waals surface area contributed by atoms with Crippen LogP contribution in [0.4, 0.5) is 5.82 Å². The second kappa shape index (κ2) is 6.01. The maximum Gasteiger partial charge on any atom is 0.167 e. The molecule has 102 valence electrons. The van der Waals surface area contributed by atoms with Gasteiger partial charge in [-0.05, 0) is 45.1 Å². The molecule has 0 saturated heterocycles. The molecule has 0 aromatic carbocycles. The summed E-state index contributed by atoms with van der Waals surface area (Å²) in [5, 5.41) is 21.0. The molecule has 0 amide bonds. The Bertz CT molecular complexity index is 484. The Morgan fingerprint density at radius 2 is 1.89 bits per heavy atom. The van der Waals surface area contributed by atoms with Crippen LogP contribution < -0.4 is 5.32 Å². The first kappa shape index (κ1) is 13.8. The SMILES string of the molecule is Cc1nnc(NC(C)C2CCCCC2)c(C#N)c1C. The van der Waals surface area contributed by atoms with Crippen LogP contribution in [0.25, 0.3) is 0 Å². The first-order valence-corrected chi connectivity index (χ1v) is 7.14. The van der Waals surface area contributed by atoms with Crippen molar-refractivity contribution in [1.82, 2.24) is 10.2 Å².